The third-order valence-corrected chi connectivity index (χ3v) is 10.2. The fourth-order valence-corrected chi connectivity index (χ4v) is 6.90. The van der Waals surface area contributed by atoms with Crippen molar-refractivity contribution in [2.75, 3.05) is 38.5 Å². The molecule has 1 aliphatic heterocycles. The van der Waals surface area contributed by atoms with Crippen LogP contribution >= 0.6 is 0 Å². The van der Waals surface area contributed by atoms with Crippen molar-refractivity contribution in [2.24, 2.45) is 23.7 Å². The average Bonchev–Trinajstić information content (AvgIpc) is 4.02. The number of piperazine rings is 1. The molecule has 2 aromatic rings. The first-order valence-corrected chi connectivity index (χ1v) is 17.4. The third kappa shape index (κ3) is 9.20. The van der Waals surface area contributed by atoms with E-state index >= 15 is 4.39 Å². The molecule has 5 rings (SSSR count). The van der Waals surface area contributed by atoms with Gasteiger partial charge in [-0.05, 0) is 81.2 Å². The van der Waals surface area contributed by atoms with Gasteiger partial charge in [0.2, 0.25) is 17.7 Å². The number of nitrogens with one attached hydrogen (secondary N) is 3. The fourth-order valence-electron chi connectivity index (χ4n) is 6.90. The fraction of sp³-hybridized carbons (Fsp3) is 0.629. The van der Waals surface area contributed by atoms with Gasteiger partial charge in [-0.3, -0.25) is 23.9 Å². The van der Waals surface area contributed by atoms with E-state index in [9.17, 15) is 32.3 Å². The van der Waals surface area contributed by atoms with E-state index < -0.39 is 66.0 Å². The maximum Gasteiger partial charge on any atom is 0.389 e. The number of aromatic nitrogens is 2. The zero-order chi connectivity index (χ0) is 36.3. The smallest absolute Gasteiger partial charge is 0.343 e. The zero-order valence-electron chi connectivity index (χ0n) is 28.9. The Kier molecular flexibility index (Phi) is 11.5. The number of aryl methyl sites for hydroxylation is 1. The van der Waals surface area contributed by atoms with Crippen LogP contribution in [-0.4, -0.2) is 94.7 Å². The molecule has 4 atom stereocenters. The summed E-state index contributed by atoms with van der Waals surface area (Å²) in [6, 6.07) is 3.46. The van der Waals surface area contributed by atoms with Crippen LogP contribution < -0.4 is 16.0 Å². The molecule has 1 aromatic carbocycles. The van der Waals surface area contributed by atoms with Crippen LogP contribution in [0.4, 0.5) is 23.2 Å². The van der Waals surface area contributed by atoms with Gasteiger partial charge < -0.3 is 25.8 Å². The predicted molar refractivity (Wildman–Crippen MR) is 177 cm³/mol. The van der Waals surface area contributed by atoms with E-state index in [0.29, 0.717) is 44.0 Å². The first kappa shape index (κ1) is 37.3. The van der Waals surface area contributed by atoms with E-state index in [0.717, 1.165) is 38.7 Å². The van der Waals surface area contributed by atoms with E-state index in [2.05, 4.69) is 21.0 Å². The molecule has 0 radical (unpaired) electrons. The molecule has 50 heavy (non-hydrogen) atoms. The van der Waals surface area contributed by atoms with Gasteiger partial charge in [0.25, 0.3) is 5.91 Å². The number of hydrogen-bond acceptors (Lipinski definition) is 6. The topological polar surface area (TPSA) is 129 Å². The summed E-state index contributed by atoms with van der Waals surface area (Å²) in [6.07, 6.45) is -0.592. The first-order valence-electron chi connectivity index (χ1n) is 17.4. The van der Waals surface area contributed by atoms with Crippen molar-refractivity contribution in [3.8, 4) is 0 Å². The van der Waals surface area contributed by atoms with Crippen molar-refractivity contribution >= 4 is 29.3 Å². The number of amides is 4. The minimum atomic E-state index is -4.57. The van der Waals surface area contributed by atoms with Gasteiger partial charge in [0.15, 0.2) is 0 Å². The molecular weight excluding hydrogens is 658 g/mol. The largest absolute Gasteiger partial charge is 0.389 e. The second-order valence-electron chi connectivity index (χ2n) is 14.1. The minimum absolute atomic E-state index is 0.0935. The second kappa shape index (κ2) is 15.5. The summed E-state index contributed by atoms with van der Waals surface area (Å²) in [5, 5.41) is 12.3. The number of hydrogen-bond donors (Lipinski definition) is 3. The lowest BCUT2D eigenvalue weighted by Gasteiger charge is -2.36. The molecule has 2 aliphatic carbocycles. The van der Waals surface area contributed by atoms with Crippen molar-refractivity contribution in [1.29, 1.82) is 0 Å². The Bertz CT molecular complexity index is 1540. The summed E-state index contributed by atoms with van der Waals surface area (Å²) >= 11 is 0. The average molecular weight is 706 g/mol. The second-order valence-corrected chi connectivity index (χ2v) is 14.1. The van der Waals surface area contributed by atoms with Gasteiger partial charge in [0.1, 0.15) is 23.6 Å². The Morgan fingerprint density at radius 1 is 0.920 bits per heavy atom. The number of halogens is 4. The summed E-state index contributed by atoms with van der Waals surface area (Å²) in [6.45, 7) is 6.97. The molecule has 3 fully saturated rings. The van der Waals surface area contributed by atoms with E-state index in [1.54, 1.807) is 17.9 Å². The lowest BCUT2D eigenvalue weighted by atomic mass is 9.88. The molecule has 1 saturated heterocycles. The van der Waals surface area contributed by atoms with Crippen molar-refractivity contribution in [1.82, 2.24) is 30.2 Å². The lowest BCUT2D eigenvalue weighted by Crippen LogP contribution is -2.56. The minimum Gasteiger partial charge on any atom is -0.343 e. The quantitative estimate of drug-likeness (QED) is 0.254. The third-order valence-electron chi connectivity index (χ3n) is 10.2. The van der Waals surface area contributed by atoms with Crippen molar-refractivity contribution < 1.29 is 36.7 Å². The van der Waals surface area contributed by atoms with Gasteiger partial charge in [-0.2, -0.15) is 18.3 Å². The molecule has 4 amide bonds. The monoisotopic (exact) mass is 705 g/mol. The molecule has 0 unspecified atom stereocenters. The van der Waals surface area contributed by atoms with Gasteiger partial charge >= 0.3 is 6.18 Å². The Morgan fingerprint density at radius 2 is 1.56 bits per heavy atom. The van der Waals surface area contributed by atoms with Crippen molar-refractivity contribution in [3.05, 3.63) is 47.5 Å². The predicted octanol–water partition coefficient (Wildman–Crippen LogP) is 4.17. The maximum atomic E-state index is 15.8. The van der Waals surface area contributed by atoms with Crippen LogP contribution in [0.15, 0.2) is 30.5 Å². The van der Waals surface area contributed by atoms with Crippen LogP contribution in [0.5, 0.6) is 0 Å². The molecule has 274 valence electrons. The van der Waals surface area contributed by atoms with Crippen LogP contribution in [0.3, 0.4) is 0 Å². The van der Waals surface area contributed by atoms with Gasteiger partial charge in [0.05, 0.1) is 12.1 Å². The number of anilines is 1. The van der Waals surface area contributed by atoms with Gasteiger partial charge in [-0.1, -0.05) is 19.9 Å². The Morgan fingerprint density at radius 3 is 2.12 bits per heavy atom. The SMILES string of the molecule is CCn1nccc1C(=O)N[C@H](C(=O)Nc1ccc([C@H](C)[C@@H](NC(=O)[C@H](C)CC(F)(F)F)C(=O)N2CCN(C)CC2)cc1F)C(C1CC1)C1CC1. The van der Waals surface area contributed by atoms with Crippen LogP contribution in [-0.2, 0) is 20.9 Å². The van der Waals surface area contributed by atoms with Crippen LogP contribution in [0.2, 0.25) is 0 Å². The standard InChI is InChI=1S/C35H47F4N7O4/c1-5-46-27(12-13-40-46)32(48)43-30(28(22-6-7-22)23-8-9-23)33(49)41-26-11-10-24(18-25(26)36)21(3)29(34(50)45-16-14-44(4)15-17-45)42-31(47)20(2)19-35(37,38)39/h10-13,18,20-23,28-30H,5-9,14-17,19H2,1-4H3,(H,41,49)(H,42,47)(H,43,48)/t20-,21+,29-,30+/m1/s1. The summed E-state index contributed by atoms with van der Waals surface area (Å²) in [7, 11) is 1.90. The summed E-state index contributed by atoms with van der Waals surface area (Å²) in [5.74, 6) is -4.97. The highest BCUT2D eigenvalue weighted by atomic mass is 19.4. The molecule has 15 heteroatoms. The highest BCUT2D eigenvalue weighted by Gasteiger charge is 2.48. The highest BCUT2D eigenvalue weighted by molar-refractivity contribution is 6.01. The van der Waals surface area contributed by atoms with Crippen molar-refractivity contribution in [2.45, 2.75) is 83.6 Å². The molecule has 1 aromatic heterocycles. The Balaban J connectivity index is 1.35. The summed E-state index contributed by atoms with van der Waals surface area (Å²) in [5.41, 5.74) is 0.503. The lowest BCUT2D eigenvalue weighted by molar-refractivity contribution is -0.154. The van der Waals surface area contributed by atoms with E-state index in [4.69, 9.17) is 0 Å². The van der Waals surface area contributed by atoms with E-state index in [-0.39, 0.29) is 23.4 Å². The normalized spacial score (nSPS) is 19.4. The van der Waals surface area contributed by atoms with Crippen LogP contribution in [0.1, 0.15) is 74.8 Å². The Labute approximate surface area is 289 Å². The highest BCUT2D eigenvalue weighted by Crippen LogP contribution is 2.51. The molecule has 2 heterocycles. The zero-order valence-corrected chi connectivity index (χ0v) is 28.9. The molecule has 2 saturated carbocycles. The van der Waals surface area contributed by atoms with Crippen LogP contribution in [0, 0.1) is 29.5 Å². The van der Waals surface area contributed by atoms with E-state index in [1.165, 1.54) is 23.0 Å². The number of nitrogens with zero attached hydrogens (tertiary/aromatic N) is 4. The van der Waals surface area contributed by atoms with Crippen LogP contribution in [0.25, 0.3) is 0 Å². The molecular formula is C35H47F4N7O4. The summed E-state index contributed by atoms with van der Waals surface area (Å²) in [4.78, 5) is 57.4. The number of rotatable bonds is 14. The number of carbonyl (C=O) groups excluding carboxylic acids is 4. The Hall–Kier alpha value is -4.01. The number of carbonyl (C=O) groups is 4. The molecule has 11 nitrogen and oxygen atoms in total. The van der Waals surface area contributed by atoms with Gasteiger partial charge in [-0.25, -0.2) is 4.39 Å². The summed E-state index contributed by atoms with van der Waals surface area (Å²) < 4.78 is 56.5. The maximum absolute atomic E-state index is 15.8. The number of benzene rings is 1. The molecule has 0 bridgehead atoms. The first-order chi connectivity index (χ1) is 23.7. The van der Waals surface area contributed by atoms with Gasteiger partial charge in [-0.15, -0.1) is 0 Å². The molecule has 3 N–H and O–H groups in total. The molecule has 0 spiro atoms. The number of alkyl halides is 3. The van der Waals surface area contributed by atoms with Crippen molar-refractivity contribution in [3.63, 3.8) is 0 Å². The molecule has 3 aliphatic rings. The van der Waals surface area contributed by atoms with E-state index in [1.807, 2.05) is 18.9 Å². The number of likely N-dealkylation sites (N-methyl/N-ethyl adjacent to an activating group) is 1. The van der Waals surface area contributed by atoms with Gasteiger partial charge in [0, 0.05) is 50.8 Å².